The number of rotatable bonds is 4. The number of benzene rings is 1. The lowest BCUT2D eigenvalue weighted by molar-refractivity contribution is -0.124. The van der Waals surface area contributed by atoms with Gasteiger partial charge in [-0.2, -0.15) is 0 Å². The molecule has 1 amide bonds. The van der Waals surface area contributed by atoms with Gasteiger partial charge >= 0.3 is 0 Å². The maximum atomic E-state index is 12.6. The smallest absolute Gasteiger partial charge is 0.246 e. The molecule has 1 saturated heterocycles. The zero-order valence-electron chi connectivity index (χ0n) is 16.7. The van der Waals surface area contributed by atoms with Crippen molar-refractivity contribution in [2.24, 2.45) is 0 Å². The molecule has 0 spiro atoms. The third kappa shape index (κ3) is 3.26. The van der Waals surface area contributed by atoms with Gasteiger partial charge in [-0.3, -0.25) is 4.79 Å². The fraction of sp³-hybridized carbons (Fsp3) is 0.522. The van der Waals surface area contributed by atoms with Gasteiger partial charge in [-0.25, -0.2) is 0 Å². The summed E-state index contributed by atoms with van der Waals surface area (Å²) >= 11 is 0. The average Bonchev–Trinajstić information content (AvgIpc) is 3.32. The van der Waals surface area contributed by atoms with Crippen molar-refractivity contribution in [1.29, 1.82) is 0 Å². The lowest BCUT2D eigenvalue weighted by Crippen LogP contribution is -2.25. The number of likely N-dealkylation sites (tertiary alicyclic amines) is 1. The van der Waals surface area contributed by atoms with Gasteiger partial charge in [-0.15, -0.1) is 0 Å². The number of carbonyl (C=O) groups is 1. The summed E-state index contributed by atoms with van der Waals surface area (Å²) in [6.45, 7) is 8.41. The highest BCUT2D eigenvalue weighted by Crippen LogP contribution is 2.41. The summed E-state index contributed by atoms with van der Waals surface area (Å²) in [7, 11) is 0. The number of amides is 1. The predicted molar refractivity (Wildman–Crippen MR) is 108 cm³/mol. The van der Waals surface area contributed by atoms with E-state index in [4.69, 9.17) is 9.15 Å². The summed E-state index contributed by atoms with van der Waals surface area (Å²) in [6.07, 6.45) is 8.49. The van der Waals surface area contributed by atoms with E-state index in [0.717, 1.165) is 72.6 Å². The predicted octanol–water partition coefficient (Wildman–Crippen LogP) is 5.04. The number of hydrogen-bond donors (Lipinski definition) is 0. The molecule has 0 unspecified atom stereocenters. The van der Waals surface area contributed by atoms with E-state index in [2.05, 4.69) is 13.0 Å². The second-order valence-corrected chi connectivity index (χ2v) is 7.76. The van der Waals surface area contributed by atoms with E-state index in [1.807, 2.05) is 18.7 Å². The van der Waals surface area contributed by atoms with Crippen LogP contribution in [0.2, 0.25) is 0 Å². The number of furan rings is 1. The molecule has 4 rings (SSSR count). The van der Waals surface area contributed by atoms with Crippen molar-refractivity contribution < 1.29 is 13.9 Å². The van der Waals surface area contributed by atoms with E-state index >= 15 is 0 Å². The maximum Gasteiger partial charge on any atom is 0.246 e. The molecule has 144 valence electrons. The van der Waals surface area contributed by atoms with Gasteiger partial charge in [-0.05, 0) is 64.5 Å². The van der Waals surface area contributed by atoms with Crippen LogP contribution in [0.4, 0.5) is 0 Å². The summed E-state index contributed by atoms with van der Waals surface area (Å²) in [6, 6.07) is 2.18. The van der Waals surface area contributed by atoms with Crippen LogP contribution in [-0.2, 0) is 17.6 Å². The molecular weight excluding hydrogens is 338 g/mol. The minimum absolute atomic E-state index is 0.111. The van der Waals surface area contributed by atoms with Gasteiger partial charge in [-0.1, -0.05) is 0 Å². The van der Waals surface area contributed by atoms with Crippen molar-refractivity contribution in [2.75, 3.05) is 19.7 Å². The Hall–Kier alpha value is -2.23. The van der Waals surface area contributed by atoms with Gasteiger partial charge < -0.3 is 14.1 Å². The molecule has 4 nitrogen and oxygen atoms in total. The van der Waals surface area contributed by atoms with Gasteiger partial charge in [0.15, 0.2) is 0 Å². The van der Waals surface area contributed by atoms with E-state index in [0.29, 0.717) is 6.61 Å². The zero-order chi connectivity index (χ0) is 19.0. The molecule has 0 saturated carbocycles. The summed E-state index contributed by atoms with van der Waals surface area (Å²) in [5.74, 6) is 2.09. The monoisotopic (exact) mass is 367 g/mol. The first kappa shape index (κ1) is 18.1. The average molecular weight is 367 g/mol. The van der Waals surface area contributed by atoms with Crippen LogP contribution >= 0.6 is 0 Å². The van der Waals surface area contributed by atoms with Crippen molar-refractivity contribution in [1.82, 2.24) is 4.90 Å². The second kappa shape index (κ2) is 7.41. The van der Waals surface area contributed by atoms with Crippen molar-refractivity contribution >= 4 is 22.4 Å². The number of aryl methyl sites for hydroxylation is 3. The van der Waals surface area contributed by atoms with Gasteiger partial charge in [0.25, 0.3) is 0 Å². The normalized spacial score (nSPS) is 17.4. The fourth-order valence-electron chi connectivity index (χ4n) is 4.45. The summed E-state index contributed by atoms with van der Waals surface area (Å²) < 4.78 is 12.2. The Bertz CT molecular complexity index is 900. The summed E-state index contributed by atoms with van der Waals surface area (Å²) in [5.41, 5.74) is 5.32. The standard InChI is InChI=1S/C23H29NO3/c1-4-26-22-16(3)23-19(17-9-5-6-10-20(17)27-23)14-18(22)15(2)13-21(25)24-11-7-8-12-24/h13-14H,4-12H2,1-3H3/b15-13+. The van der Waals surface area contributed by atoms with Crippen LogP contribution in [0.15, 0.2) is 16.6 Å². The van der Waals surface area contributed by atoms with Crippen LogP contribution in [0.25, 0.3) is 16.5 Å². The van der Waals surface area contributed by atoms with Crippen molar-refractivity contribution in [3.8, 4) is 5.75 Å². The molecule has 2 aliphatic rings. The zero-order valence-corrected chi connectivity index (χ0v) is 16.7. The number of fused-ring (bicyclic) bond motifs is 3. The quantitative estimate of drug-likeness (QED) is 0.711. The van der Waals surface area contributed by atoms with E-state index in [1.54, 1.807) is 6.08 Å². The molecule has 0 atom stereocenters. The van der Waals surface area contributed by atoms with Crippen molar-refractivity contribution in [2.45, 2.75) is 59.3 Å². The number of allylic oxidation sites excluding steroid dienone is 1. The second-order valence-electron chi connectivity index (χ2n) is 7.76. The summed E-state index contributed by atoms with van der Waals surface area (Å²) in [4.78, 5) is 14.6. The van der Waals surface area contributed by atoms with Gasteiger partial charge in [0.1, 0.15) is 17.1 Å². The lowest BCUT2D eigenvalue weighted by atomic mass is 9.93. The molecule has 2 aromatic rings. The molecule has 27 heavy (non-hydrogen) atoms. The third-order valence-electron chi connectivity index (χ3n) is 5.90. The van der Waals surface area contributed by atoms with Gasteiger partial charge in [0.2, 0.25) is 5.91 Å². The molecule has 1 aromatic carbocycles. The highest BCUT2D eigenvalue weighted by atomic mass is 16.5. The fourth-order valence-corrected chi connectivity index (χ4v) is 4.45. The molecular formula is C23H29NO3. The molecule has 1 aromatic heterocycles. The highest BCUT2D eigenvalue weighted by Gasteiger charge is 2.24. The molecule has 0 radical (unpaired) electrons. The number of carbonyl (C=O) groups excluding carboxylic acids is 1. The first-order valence-electron chi connectivity index (χ1n) is 10.3. The Morgan fingerprint density at radius 1 is 1.22 bits per heavy atom. The van der Waals surface area contributed by atoms with E-state index in [1.165, 1.54) is 23.8 Å². The Morgan fingerprint density at radius 3 is 2.70 bits per heavy atom. The molecule has 1 fully saturated rings. The van der Waals surface area contributed by atoms with Crippen molar-refractivity contribution in [3.05, 3.63) is 34.6 Å². The largest absolute Gasteiger partial charge is 0.493 e. The highest BCUT2D eigenvalue weighted by molar-refractivity contribution is 5.98. The van der Waals surface area contributed by atoms with Gasteiger partial charge in [0.05, 0.1) is 6.61 Å². The third-order valence-corrected chi connectivity index (χ3v) is 5.90. The van der Waals surface area contributed by atoms with Crippen LogP contribution < -0.4 is 4.74 Å². The van der Waals surface area contributed by atoms with Crippen LogP contribution in [0.1, 0.15) is 62.0 Å². The van der Waals surface area contributed by atoms with E-state index < -0.39 is 0 Å². The SMILES string of the molecule is CCOc1c(/C(C)=C/C(=O)N2CCCC2)cc2c3c(oc2c1C)CCCC3. The Labute approximate surface area is 161 Å². The number of nitrogens with zero attached hydrogens (tertiary/aromatic N) is 1. The maximum absolute atomic E-state index is 12.6. The minimum Gasteiger partial charge on any atom is -0.493 e. The molecule has 4 heteroatoms. The first-order valence-corrected chi connectivity index (χ1v) is 10.3. The Morgan fingerprint density at radius 2 is 1.96 bits per heavy atom. The molecule has 1 aliphatic heterocycles. The Kier molecular flexibility index (Phi) is 4.98. The number of hydrogen-bond acceptors (Lipinski definition) is 3. The minimum atomic E-state index is 0.111. The molecule has 2 heterocycles. The molecule has 0 bridgehead atoms. The summed E-state index contributed by atoms with van der Waals surface area (Å²) in [5, 5.41) is 1.20. The van der Waals surface area contributed by atoms with Gasteiger partial charge in [0, 0.05) is 47.7 Å². The first-order chi connectivity index (χ1) is 13.1. The lowest BCUT2D eigenvalue weighted by Gasteiger charge is -2.16. The van der Waals surface area contributed by atoms with Crippen molar-refractivity contribution in [3.63, 3.8) is 0 Å². The topological polar surface area (TPSA) is 42.7 Å². The molecule has 1 aliphatic carbocycles. The molecule has 0 N–H and O–H groups in total. The van der Waals surface area contributed by atoms with E-state index in [-0.39, 0.29) is 5.91 Å². The van der Waals surface area contributed by atoms with Crippen LogP contribution in [0, 0.1) is 6.92 Å². The number of ether oxygens (including phenoxy) is 1. The Balaban J connectivity index is 1.82. The van der Waals surface area contributed by atoms with Crippen LogP contribution in [0.3, 0.4) is 0 Å². The van der Waals surface area contributed by atoms with Crippen LogP contribution in [0.5, 0.6) is 5.75 Å². The van der Waals surface area contributed by atoms with Crippen LogP contribution in [-0.4, -0.2) is 30.5 Å². The van der Waals surface area contributed by atoms with E-state index in [9.17, 15) is 4.79 Å².